The zero-order chi connectivity index (χ0) is 18.1. The Bertz CT molecular complexity index is 639. The summed E-state index contributed by atoms with van der Waals surface area (Å²) in [4.78, 5) is 15.4. The maximum absolute atomic E-state index is 12.8. The fourth-order valence-electron chi connectivity index (χ4n) is 5.24. The molecule has 2 aliphatic heterocycles. The molecule has 2 saturated heterocycles. The summed E-state index contributed by atoms with van der Waals surface area (Å²) in [6, 6.07) is 8.94. The molecule has 0 aromatic heterocycles. The molecular formula is C22H32N2O2. The molecule has 0 bridgehead atoms. The number of hydrogen-bond donors (Lipinski definition) is 1. The van der Waals surface area contributed by atoms with Crippen molar-refractivity contribution in [3.63, 3.8) is 0 Å². The van der Waals surface area contributed by atoms with Gasteiger partial charge in [0.2, 0.25) is 5.91 Å². The van der Waals surface area contributed by atoms with Crippen LogP contribution in [0.15, 0.2) is 24.3 Å². The molecule has 4 heteroatoms. The number of nitrogens with one attached hydrogen (secondary N) is 1. The van der Waals surface area contributed by atoms with Crippen molar-refractivity contribution in [1.82, 2.24) is 10.2 Å². The van der Waals surface area contributed by atoms with E-state index in [1.807, 2.05) is 0 Å². The average molecular weight is 357 g/mol. The Balaban J connectivity index is 1.46. The van der Waals surface area contributed by atoms with Crippen LogP contribution in [-0.2, 0) is 9.53 Å². The minimum atomic E-state index is 0.181. The first kappa shape index (κ1) is 18.0. The second kappa shape index (κ2) is 7.69. The molecule has 142 valence electrons. The summed E-state index contributed by atoms with van der Waals surface area (Å²) in [6.45, 7) is 9.56. The topological polar surface area (TPSA) is 41.6 Å². The highest BCUT2D eigenvalue weighted by atomic mass is 16.5. The number of carbonyl (C=O) groups is 1. The van der Waals surface area contributed by atoms with E-state index in [-0.39, 0.29) is 11.9 Å². The molecule has 3 atom stereocenters. The van der Waals surface area contributed by atoms with E-state index in [9.17, 15) is 4.79 Å². The third kappa shape index (κ3) is 3.67. The summed E-state index contributed by atoms with van der Waals surface area (Å²) in [5, 5.41) is 3.42. The van der Waals surface area contributed by atoms with E-state index < -0.39 is 0 Å². The zero-order valence-corrected chi connectivity index (χ0v) is 16.1. The summed E-state index contributed by atoms with van der Waals surface area (Å²) in [5.74, 6) is 2.48. The average Bonchev–Trinajstić information content (AvgIpc) is 3.14. The van der Waals surface area contributed by atoms with Crippen LogP contribution < -0.4 is 5.32 Å². The van der Waals surface area contributed by atoms with Gasteiger partial charge in [-0.25, -0.2) is 0 Å². The maximum Gasteiger partial charge on any atom is 0.220 e. The van der Waals surface area contributed by atoms with Crippen molar-refractivity contribution >= 4 is 5.91 Å². The third-order valence-corrected chi connectivity index (χ3v) is 6.35. The molecule has 2 heterocycles. The Hall–Kier alpha value is -1.39. The van der Waals surface area contributed by atoms with Crippen LogP contribution in [0.3, 0.4) is 0 Å². The Labute approximate surface area is 157 Å². The molecule has 1 amide bonds. The maximum atomic E-state index is 12.8. The van der Waals surface area contributed by atoms with Gasteiger partial charge in [-0.1, -0.05) is 38.1 Å². The van der Waals surface area contributed by atoms with Crippen molar-refractivity contribution in [2.24, 2.45) is 17.8 Å². The van der Waals surface area contributed by atoms with Crippen molar-refractivity contribution in [1.29, 1.82) is 0 Å². The first-order chi connectivity index (χ1) is 12.6. The lowest BCUT2D eigenvalue weighted by atomic mass is 9.93. The van der Waals surface area contributed by atoms with E-state index in [0.29, 0.717) is 30.1 Å². The standard InChI is InChI=1S/C22H32N2O2/c1-15(2)12-24-13-19-17-5-3-4-6-18(17)22(20(19)14-24)23-21(25)11-16-7-9-26-10-8-16/h3-6,15-16,19-20,22H,7-14H2,1-2H3,(H,23,25)/t19-,20-,22+/m0/s1. The fraction of sp³-hybridized carbons (Fsp3) is 0.682. The van der Waals surface area contributed by atoms with Crippen LogP contribution in [0.1, 0.15) is 56.2 Å². The molecule has 26 heavy (non-hydrogen) atoms. The molecule has 4 nitrogen and oxygen atoms in total. The lowest BCUT2D eigenvalue weighted by Crippen LogP contribution is -2.35. The highest BCUT2D eigenvalue weighted by Gasteiger charge is 2.46. The quantitative estimate of drug-likeness (QED) is 0.880. The molecule has 4 rings (SSSR count). The predicted molar refractivity (Wildman–Crippen MR) is 103 cm³/mol. The number of benzene rings is 1. The normalized spacial score (nSPS) is 29.0. The lowest BCUT2D eigenvalue weighted by molar-refractivity contribution is -0.123. The minimum absolute atomic E-state index is 0.181. The lowest BCUT2D eigenvalue weighted by Gasteiger charge is -2.26. The number of hydrogen-bond acceptors (Lipinski definition) is 3. The summed E-state index contributed by atoms with van der Waals surface area (Å²) < 4.78 is 5.42. The highest BCUT2D eigenvalue weighted by Crippen LogP contribution is 2.49. The molecular weight excluding hydrogens is 324 g/mol. The van der Waals surface area contributed by atoms with Crippen molar-refractivity contribution in [3.8, 4) is 0 Å². The van der Waals surface area contributed by atoms with Gasteiger partial charge in [0.05, 0.1) is 6.04 Å². The largest absolute Gasteiger partial charge is 0.381 e. The van der Waals surface area contributed by atoms with Gasteiger partial charge in [-0.2, -0.15) is 0 Å². The molecule has 1 aliphatic carbocycles. The Morgan fingerprint density at radius 2 is 1.92 bits per heavy atom. The van der Waals surface area contributed by atoms with Crippen LogP contribution in [0.2, 0.25) is 0 Å². The number of fused-ring (bicyclic) bond motifs is 3. The van der Waals surface area contributed by atoms with Crippen LogP contribution in [0.25, 0.3) is 0 Å². The van der Waals surface area contributed by atoms with Gasteiger partial charge < -0.3 is 15.0 Å². The zero-order valence-electron chi connectivity index (χ0n) is 16.1. The molecule has 1 aromatic rings. The summed E-state index contributed by atoms with van der Waals surface area (Å²) in [7, 11) is 0. The van der Waals surface area contributed by atoms with Crippen molar-refractivity contribution in [2.75, 3.05) is 32.8 Å². The number of likely N-dealkylation sites (tertiary alicyclic amines) is 1. The molecule has 0 spiro atoms. The van der Waals surface area contributed by atoms with Crippen LogP contribution in [0.4, 0.5) is 0 Å². The summed E-state index contributed by atoms with van der Waals surface area (Å²) >= 11 is 0. The predicted octanol–water partition coefficient (Wildman–Crippen LogP) is 3.35. The minimum Gasteiger partial charge on any atom is -0.381 e. The Morgan fingerprint density at radius 3 is 2.65 bits per heavy atom. The van der Waals surface area contributed by atoms with E-state index >= 15 is 0 Å². The van der Waals surface area contributed by atoms with Crippen LogP contribution in [-0.4, -0.2) is 43.7 Å². The molecule has 1 aromatic carbocycles. The number of ether oxygens (including phenoxy) is 1. The summed E-state index contributed by atoms with van der Waals surface area (Å²) in [6.07, 6.45) is 2.68. The van der Waals surface area contributed by atoms with Gasteiger partial charge in [-0.3, -0.25) is 4.79 Å². The highest BCUT2D eigenvalue weighted by molar-refractivity contribution is 5.77. The van der Waals surface area contributed by atoms with E-state index in [0.717, 1.165) is 45.7 Å². The van der Waals surface area contributed by atoms with Crippen LogP contribution in [0.5, 0.6) is 0 Å². The van der Waals surface area contributed by atoms with Gasteiger partial charge in [-0.05, 0) is 35.8 Å². The molecule has 1 N–H and O–H groups in total. The third-order valence-electron chi connectivity index (χ3n) is 6.35. The van der Waals surface area contributed by atoms with Gasteiger partial charge in [0.1, 0.15) is 0 Å². The second-order valence-corrected chi connectivity index (χ2v) is 8.82. The fourth-order valence-corrected chi connectivity index (χ4v) is 5.24. The summed E-state index contributed by atoms with van der Waals surface area (Å²) in [5.41, 5.74) is 2.81. The van der Waals surface area contributed by atoms with Gasteiger partial charge in [0, 0.05) is 51.1 Å². The first-order valence-corrected chi connectivity index (χ1v) is 10.3. The molecule has 0 unspecified atom stereocenters. The Morgan fingerprint density at radius 1 is 1.19 bits per heavy atom. The van der Waals surface area contributed by atoms with Gasteiger partial charge in [0.25, 0.3) is 0 Å². The molecule has 0 radical (unpaired) electrons. The van der Waals surface area contributed by atoms with E-state index in [4.69, 9.17) is 4.74 Å². The monoisotopic (exact) mass is 356 g/mol. The molecule has 2 fully saturated rings. The van der Waals surface area contributed by atoms with Crippen molar-refractivity contribution in [3.05, 3.63) is 35.4 Å². The van der Waals surface area contributed by atoms with Crippen LogP contribution >= 0.6 is 0 Å². The van der Waals surface area contributed by atoms with Gasteiger partial charge in [-0.15, -0.1) is 0 Å². The smallest absolute Gasteiger partial charge is 0.220 e. The first-order valence-electron chi connectivity index (χ1n) is 10.3. The number of rotatable bonds is 5. The Kier molecular flexibility index (Phi) is 5.32. The van der Waals surface area contributed by atoms with Crippen LogP contribution in [0, 0.1) is 17.8 Å². The van der Waals surface area contributed by atoms with E-state index in [2.05, 4.69) is 48.3 Å². The van der Waals surface area contributed by atoms with Crippen molar-refractivity contribution in [2.45, 2.75) is 45.1 Å². The second-order valence-electron chi connectivity index (χ2n) is 8.82. The SMILES string of the molecule is CC(C)CN1C[C@@H]2[C@H](NC(=O)CC3CCOCC3)c3ccccc3[C@@H]2C1. The number of nitrogens with zero attached hydrogens (tertiary/aromatic N) is 1. The van der Waals surface area contributed by atoms with Crippen molar-refractivity contribution < 1.29 is 9.53 Å². The number of carbonyl (C=O) groups excluding carboxylic acids is 1. The van der Waals surface area contributed by atoms with Gasteiger partial charge in [0.15, 0.2) is 0 Å². The number of amides is 1. The van der Waals surface area contributed by atoms with Gasteiger partial charge >= 0.3 is 0 Å². The molecule has 3 aliphatic rings. The molecule has 0 saturated carbocycles. The van der Waals surface area contributed by atoms with E-state index in [1.54, 1.807) is 0 Å². The van der Waals surface area contributed by atoms with E-state index in [1.165, 1.54) is 11.1 Å².